The number of nitrogens with one attached hydrogen (secondary N) is 1. The number of hydrogen-bond donors (Lipinski definition) is 1. The van der Waals surface area contributed by atoms with Crippen LogP contribution in [0, 0.1) is 19.7 Å². The summed E-state index contributed by atoms with van der Waals surface area (Å²) >= 11 is 0. The van der Waals surface area contributed by atoms with Crippen LogP contribution in [0.2, 0.25) is 0 Å². The molecule has 0 spiro atoms. The van der Waals surface area contributed by atoms with Gasteiger partial charge in [0.05, 0.1) is 10.6 Å². The van der Waals surface area contributed by atoms with Gasteiger partial charge in [0.25, 0.3) is 10.0 Å². The topological polar surface area (TPSA) is 86.8 Å². The van der Waals surface area contributed by atoms with E-state index in [2.05, 4.69) is 5.32 Å². The molecule has 1 saturated carbocycles. The van der Waals surface area contributed by atoms with Crippen molar-refractivity contribution in [3.8, 4) is 0 Å². The van der Waals surface area contributed by atoms with Crippen LogP contribution in [0.25, 0.3) is 0 Å². The van der Waals surface area contributed by atoms with E-state index in [0.29, 0.717) is 0 Å². The standard InChI is InChI=1S/C38H42FN3O4S/c1-28-16-22-35(23-17-28)47(45,46)42(34-20-18-32(39)19-21-34)27-37(43)41(26-31-13-9-10-29(2)24-31)36(25-30-11-5-3-6-12-30)38(44)40-33-14-7-4-8-15-33/h3,5-6,9-13,16-24,33,36H,4,7-8,14-15,25-27H2,1-2H3,(H,40,44). The third kappa shape index (κ3) is 8.86. The Balaban J connectivity index is 1.56. The summed E-state index contributed by atoms with van der Waals surface area (Å²) in [5, 5.41) is 3.22. The van der Waals surface area contributed by atoms with E-state index in [1.807, 2.05) is 68.4 Å². The molecule has 9 heteroatoms. The number of sulfonamides is 1. The minimum atomic E-state index is -4.26. The lowest BCUT2D eigenvalue weighted by Gasteiger charge is -2.35. The largest absolute Gasteiger partial charge is 0.352 e. The summed E-state index contributed by atoms with van der Waals surface area (Å²) in [6, 6.07) is 27.7. The van der Waals surface area contributed by atoms with Crippen molar-refractivity contribution in [1.82, 2.24) is 10.2 Å². The van der Waals surface area contributed by atoms with Crippen LogP contribution in [0.5, 0.6) is 0 Å². The highest BCUT2D eigenvalue weighted by molar-refractivity contribution is 7.92. The predicted molar refractivity (Wildman–Crippen MR) is 183 cm³/mol. The number of benzene rings is 4. The molecule has 4 aromatic carbocycles. The first-order chi connectivity index (χ1) is 22.6. The van der Waals surface area contributed by atoms with Crippen molar-refractivity contribution in [1.29, 1.82) is 0 Å². The van der Waals surface area contributed by atoms with Gasteiger partial charge in [-0.25, -0.2) is 12.8 Å². The van der Waals surface area contributed by atoms with Gasteiger partial charge in [-0.1, -0.05) is 97.1 Å². The Bertz CT molecular complexity index is 1760. The first-order valence-electron chi connectivity index (χ1n) is 16.1. The van der Waals surface area contributed by atoms with E-state index in [1.54, 1.807) is 12.1 Å². The molecule has 1 atom stereocenters. The maximum Gasteiger partial charge on any atom is 0.264 e. The number of nitrogens with zero attached hydrogens (tertiary/aromatic N) is 2. The molecule has 5 rings (SSSR count). The zero-order valence-electron chi connectivity index (χ0n) is 26.9. The Kier molecular flexibility index (Phi) is 11.1. The first-order valence-corrected chi connectivity index (χ1v) is 17.6. The molecule has 7 nitrogen and oxygen atoms in total. The summed E-state index contributed by atoms with van der Waals surface area (Å²) in [5.74, 6) is -1.35. The number of anilines is 1. The van der Waals surface area contributed by atoms with Gasteiger partial charge in [-0.05, 0) is 74.2 Å². The van der Waals surface area contributed by atoms with Crippen molar-refractivity contribution in [2.24, 2.45) is 0 Å². The average molecular weight is 656 g/mol. The normalized spacial score (nSPS) is 14.3. The summed E-state index contributed by atoms with van der Waals surface area (Å²) in [6.07, 6.45) is 5.20. The minimum absolute atomic E-state index is 0.00124. The molecule has 1 aliphatic rings. The van der Waals surface area contributed by atoms with E-state index in [1.165, 1.54) is 29.2 Å². The van der Waals surface area contributed by atoms with Crippen molar-refractivity contribution in [3.63, 3.8) is 0 Å². The van der Waals surface area contributed by atoms with Crippen LogP contribution in [0.1, 0.15) is 54.4 Å². The fourth-order valence-electron chi connectivity index (χ4n) is 6.08. The highest BCUT2D eigenvalue weighted by Gasteiger charge is 2.35. The number of carbonyl (C=O) groups is 2. The predicted octanol–water partition coefficient (Wildman–Crippen LogP) is 6.73. The molecule has 246 valence electrons. The Morgan fingerprint density at radius 1 is 0.809 bits per heavy atom. The van der Waals surface area contributed by atoms with Gasteiger partial charge in [-0.15, -0.1) is 0 Å². The summed E-state index contributed by atoms with van der Waals surface area (Å²) in [5.41, 5.74) is 3.71. The molecule has 4 aromatic rings. The van der Waals surface area contributed by atoms with E-state index >= 15 is 0 Å². The number of amides is 2. The highest BCUT2D eigenvalue weighted by atomic mass is 32.2. The van der Waals surface area contributed by atoms with Gasteiger partial charge in [0.15, 0.2) is 0 Å². The summed E-state index contributed by atoms with van der Waals surface area (Å²) in [6.45, 7) is 3.32. The minimum Gasteiger partial charge on any atom is -0.352 e. The number of rotatable bonds is 12. The van der Waals surface area contributed by atoms with E-state index in [9.17, 15) is 22.4 Å². The van der Waals surface area contributed by atoms with Crippen molar-refractivity contribution < 1.29 is 22.4 Å². The molecule has 0 radical (unpaired) electrons. The maximum absolute atomic E-state index is 14.6. The molecule has 0 bridgehead atoms. The summed E-state index contributed by atoms with van der Waals surface area (Å²) < 4.78 is 43.2. The molecule has 1 unspecified atom stereocenters. The number of carbonyl (C=O) groups excluding carboxylic acids is 2. The third-order valence-electron chi connectivity index (χ3n) is 8.66. The van der Waals surface area contributed by atoms with Gasteiger partial charge >= 0.3 is 0 Å². The van der Waals surface area contributed by atoms with Crippen LogP contribution in [0.15, 0.2) is 108 Å². The average Bonchev–Trinajstić information content (AvgIpc) is 3.06. The zero-order valence-corrected chi connectivity index (χ0v) is 27.8. The summed E-state index contributed by atoms with van der Waals surface area (Å²) in [4.78, 5) is 30.3. The number of hydrogen-bond acceptors (Lipinski definition) is 4. The number of aryl methyl sites for hydroxylation is 2. The Labute approximate surface area is 277 Å². The van der Waals surface area contributed by atoms with Crippen LogP contribution in [-0.4, -0.2) is 43.8 Å². The molecule has 1 fully saturated rings. The van der Waals surface area contributed by atoms with Crippen molar-refractivity contribution in [2.75, 3.05) is 10.8 Å². The lowest BCUT2D eigenvalue weighted by molar-refractivity contribution is -0.140. The second-order valence-electron chi connectivity index (χ2n) is 12.4. The second kappa shape index (κ2) is 15.4. The Morgan fingerprint density at radius 3 is 2.13 bits per heavy atom. The molecule has 1 N–H and O–H groups in total. The molecule has 1 aliphatic carbocycles. The van der Waals surface area contributed by atoms with Crippen LogP contribution >= 0.6 is 0 Å². The molecular formula is C38H42FN3O4S. The van der Waals surface area contributed by atoms with Crippen molar-refractivity contribution in [3.05, 3.63) is 131 Å². The van der Waals surface area contributed by atoms with Crippen LogP contribution in [0.4, 0.5) is 10.1 Å². The molecule has 47 heavy (non-hydrogen) atoms. The molecule has 0 aromatic heterocycles. The Hall–Kier alpha value is -4.50. The first kappa shape index (κ1) is 33.9. The Morgan fingerprint density at radius 2 is 1.47 bits per heavy atom. The van der Waals surface area contributed by atoms with E-state index in [-0.39, 0.29) is 35.5 Å². The van der Waals surface area contributed by atoms with Crippen LogP contribution in [0.3, 0.4) is 0 Å². The van der Waals surface area contributed by atoms with Crippen LogP contribution < -0.4 is 9.62 Å². The smallest absolute Gasteiger partial charge is 0.264 e. The fourth-order valence-corrected chi connectivity index (χ4v) is 7.49. The lowest BCUT2D eigenvalue weighted by atomic mass is 9.94. The monoisotopic (exact) mass is 655 g/mol. The van der Waals surface area contributed by atoms with E-state index in [4.69, 9.17) is 0 Å². The quantitative estimate of drug-likeness (QED) is 0.184. The third-order valence-corrected chi connectivity index (χ3v) is 10.4. The van der Waals surface area contributed by atoms with Gasteiger partial charge in [0, 0.05) is 19.0 Å². The molecule has 0 heterocycles. The SMILES string of the molecule is Cc1ccc(S(=O)(=O)N(CC(=O)N(Cc2cccc(C)c2)C(Cc2ccccc2)C(=O)NC2CCCCC2)c2ccc(F)cc2)cc1. The maximum atomic E-state index is 14.6. The van der Waals surface area contributed by atoms with Crippen molar-refractivity contribution >= 4 is 27.5 Å². The molecular weight excluding hydrogens is 614 g/mol. The van der Waals surface area contributed by atoms with Crippen LogP contribution in [-0.2, 0) is 32.6 Å². The summed E-state index contributed by atoms with van der Waals surface area (Å²) in [7, 11) is -4.26. The highest BCUT2D eigenvalue weighted by Crippen LogP contribution is 2.26. The molecule has 2 amide bonds. The van der Waals surface area contributed by atoms with Gasteiger partial charge in [0.2, 0.25) is 11.8 Å². The van der Waals surface area contributed by atoms with E-state index in [0.717, 1.165) is 70.8 Å². The second-order valence-corrected chi connectivity index (χ2v) is 14.2. The number of halogens is 1. The lowest BCUT2D eigenvalue weighted by Crippen LogP contribution is -2.55. The van der Waals surface area contributed by atoms with Gasteiger partial charge < -0.3 is 10.2 Å². The fraction of sp³-hybridized carbons (Fsp3) is 0.316. The van der Waals surface area contributed by atoms with Crippen molar-refractivity contribution in [2.45, 2.75) is 75.9 Å². The van der Waals surface area contributed by atoms with E-state index < -0.39 is 34.3 Å². The van der Waals surface area contributed by atoms with Gasteiger partial charge in [0.1, 0.15) is 18.4 Å². The molecule has 0 aliphatic heterocycles. The molecule has 0 saturated heterocycles. The van der Waals surface area contributed by atoms with Gasteiger partial charge in [-0.3, -0.25) is 13.9 Å². The zero-order chi connectivity index (χ0) is 33.4. The van der Waals surface area contributed by atoms with Gasteiger partial charge in [-0.2, -0.15) is 0 Å².